The number of hydrogen-bond donors (Lipinski definition) is 4. The number of benzene rings is 3. The summed E-state index contributed by atoms with van der Waals surface area (Å²) in [6, 6.07) is 18.3. The molecule has 5 rings (SSSR count). The van der Waals surface area contributed by atoms with Crippen LogP contribution in [0.3, 0.4) is 0 Å². The number of hydrogen-bond acceptors (Lipinski definition) is 10. The number of nitrogens with one attached hydrogen (secondary N) is 2. The molecule has 1 saturated heterocycles. The van der Waals surface area contributed by atoms with Crippen LogP contribution < -0.4 is 15.6 Å². The van der Waals surface area contributed by atoms with Crippen LogP contribution in [0.2, 0.25) is 0 Å². The van der Waals surface area contributed by atoms with E-state index >= 15 is 0 Å². The van der Waals surface area contributed by atoms with Crippen molar-refractivity contribution < 1.29 is 14.9 Å². The zero-order valence-electron chi connectivity index (χ0n) is 18.2. The Bertz CT molecular complexity index is 1330. The molecule has 0 radical (unpaired) electrons. The van der Waals surface area contributed by atoms with Gasteiger partial charge in [-0.15, -0.1) is 0 Å². The highest BCUT2D eigenvalue weighted by molar-refractivity contribution is 5.95. The largest absolute Gasteiger partial charge is 0.508 e. The first-order valence-corrected chi connectivity index (χ1v) is 10.8. The van der Waals surface area contributed by atoms with E-state index < -0.39 is 0 Å². The number of aromatic hydroxyl groups is 2. The number of phenolic OH excluding ortho intramolecular Hbond substituents is 2. The Labute approximate surface area is 195 Å². The van der Waals surface area contributed by atoms with Gasteiger partial charge in [0, 0.05) is 35.8 Å². The Balaban J connectivity index is 1.44. The lowest BCUT2D eigenvalue weighted by molar-refractivity contribution is 0.122. The van der Waals surface area contributed by atoms with Crippen LogP contribution >= 0.6 is 0 Å². The van der Waals surface area contributed by atoms with Crippen molar-refractivity contribution in [3.63, 3.8) is 0 Å². The summed E-state index contributed by atoms with van der Waals surface area (Å²) in [6.07, 6.45) is 1.42. The topological polar surface area (TPSA) is 128 Å². The number of nitrogens with zero attached hydrogens (tertiary/aromatic N) is 5. The molecule has 0 amide bonds. The molecule has 0 atom stereocenters. The summed E-state index contributed by atoms with van der Waals surface area (Å²) >= 11 is 0. The molecule has 1 aliphatic heterocycles. The zero-order chi connectivity index (χ0) is 23.3. The molecule has 10 nitrogen and oxygen atoms in total. The van der Waals surface area contributed by atoms with Gasteiger partial charge in [0.25, 0.3) is 0 Å². The molecular formula is C24H23N7O3. The lowest BCUT2D eigenvalue weighted by Crippen LogP contribution is -2.37. The number of anilines is 4. The monoisotopic (exact) mass is 457 g/mol. The molecule has 10 heteroatoms. The van der Waals surface area contributed by atoms with E-state index in [1.807, 2.05) is 47.4 Å². The maximum Gasteiger partial charge on any atom is 0.250 e. The molecular weight excluding hydrogens is 434 g/mol. The van der Waals surface area contributed by atoms with Gasteiger partial charge in [-0.2, -0.15) is 20.1 Å². The summed E-state index contributed by atoms with van der Waals surface area (Å²) in [7, 11) is 0. The predicted octanol–water partition coefficient (Wildman–Crippen LogP) is 3.46. The van der Waals surface area contributed by atoms with Gasteiger partial charge in [-0.05, 0) is 23.6 Å². The van der Waals surface area contributed by atoms with Crippen LogP contribution in [0, 0.1) is 0 Å². The molecule has 0 spiro atoms. The molecule has 34 heavy (non-hydrogen) atoms. The standard InChI is InChI=1S/C24H23N7O3/c32-18-9-8-17(21(33)14-18)15-25-30-23-27-22(28-24(29-23)31-10-12-34-13-11-31)26-20-7-3-5-16-4-1-2-6-19(16)20/h1-9,14-15,32-33H,10-13H2,(H2,26,27,28,29,30)/b25-15+. The van der Waals surface area contributed by atoms with Crippen LogP contribution in [0.15, 0.2) is 65.8 Å². The molecule has 172 valence electrons. The molecule has 4 N–H and O–H groups in total. The van der Waals surface area contributed by atoms with E-state index in [0.29, 0.717) is 43.8 Å². The highest BCUT2D eigenvalue weighted by atomic mass is 16.5. The first-order chi connectivity index (χ1) is 16.7. The SMILES string of the molecule is Oc1ccc(/C=N/Nc2nc(Nc3cccc4ccccc34)nc(N3CCOCC3)n2)c(O)c1. The molecule has 1 aliphatic rings. The number of ether oxygens (including phenoxy) is 1. The third-order valence-electron chi connectivity index (χ3n) is 5.34. The number of hydrazone groups is 1. The van der Waals surface area contributed by atoms with E-state index in [4.69, 9.17) is 4.74 Å². The Morgan fingerprint density at radius 3 is 2.56 bits per heavy atom. The second-order valence-electron chi connectivity index (χ2n) is 7.65. The first kappa shape index (κ1) is 21.4. The fourth-order valence-electron chi connectivity index (χ4n) is 3.63. The van der Waals surface area contributed by atoms with Gasteiger partial charge in [0.2, 0.25) is 17.8 Å². The van der Waals surface area contributed by atoms with Gasteiger partial charge < -0.3 is 25.2 Å². The maximum absolute atomic E-state index is 9.95. The number of aromatic nitrogens is 3. The van der Waals surface area contributed by atoms with Crippen LogP contribution in [0.25, 0.3) is 10.8 Å². The summed E-state index contributed by atoms with van der Waals surface area (Å²) < 4.78 is 5.45. The second-order valence-corrected chi connectivity index (χ2v) is 7.65. The van der Waals surface area contributed by atoms with Crippen molar-refractivity contribution in [1.82, 2.24) is 15.0 Å². The Kier molecular flexibility index (Phi) is 6.04. The second kappa shape index (κ2) is 9.59. The summed E-state index contributed by atoms with van der Waals surface area (Å²) in [5, 5.41) is 29.0. The van der Waals surface area contributed by atoms with Crippen LogP contribution in [0.4, 0.5) is 23.5 Å². The lowest BCUT2D eigenvalue weighted by atomic mass is 10.1. The minimum atomic E-state index is -0.0893. The number of morpholine rings is 1. The van der Waals surface area contributed by atoms with Crippen molar-refractivity contribution in [3.8, 4) is 11.5 Å². The van der Waals surface area contributed by atoms with Gasteiger partial charge in [0.05, 0.1) is 19.4 Å². The number of fused-ring (bicyclic) bond motifs is 1. The third-order valence-corrected chi connectivity index (χ3v) is 5.34. The van der Waals surface area contributed by atoms with Crippen molar-refractivity contribution in [3.05, 3.63) is 66.2 Å². The Hall–Kier alpha value is -4.44. The van der Waals surface area contributed by atoms with E-state index in [0.717, 1.165) is 16.5 Å². The van der Waals surface area contributed by atoms with Crippen molar-refractivity contribution in [2.45, 2.75) is 0 Å². The first-order valence-electron chi connectivity index (χ1n) is 10.8. The van der Waals surface area contributed by atoms with Crippen molar-refractivity contribution in [2.75, 3.05) is 41.9 Å². The smallest absolute Gasteiger partial charge is 0.250 e. The number of phenols is 2. The van der Waals surface area contributed by atoms with Gasteiger partial charge in [-0.25, -0.2) is 5.43 Å². The molecule has 0 aliphatic carbocycles. The van der Waals surface area contributed by atoms with Gasteiger partial charge in [-0.1, -0.05) is 36.4 Å². The highest BCUT2D eigenvalue weighted by Gasteiger charge is 2.17. The van der Waals surface area contributed by atoms with E-state index in [2.05, 4.69) is 30.8 Å². The van der Waals surface area contributed by atoms with Gasteiger partial charge in [0.1, 0.15) is 11.5 Å². The predicted molar refractivity (Wildman–Crippen MR) is 131 cm³/mol. The van der Waals surface area contributed by atoms with Gasteiger partial charge in [0.15, 0.2) is 0 Å². The maximum atomic E-state index is 9.95. The average Bonchev–Trinajstić information content (AvgIpc) is 2.86. The molecule has 2 heterocycles. The summed E-state index contributed by atoms with van der Waals surface area (Å²) in [6.45, 7) is 2.53. The van der Waals surface area contributed by atoms with Crippen molar-refractivity contribution in [2.24, 2.45) is 5.10 Å². The third kappa shape index (κ3) is 4.81. The van der Waals surface area contributed by atoms with E-state index in [9.17, 15) is 10.2 Å². The molecule has 4 aromatic rings. The van der Waals surface area contributed by atoms with Crippen LogP contribution in [-0.2, 0) is 4.74 Å². The zero-order valence-corrected chi connectivity index (χ0v) is 18.2. The molecule has 1 fully saturated rings. The van der Waals surface area contributed by atoms with Crippen LogP contribution in [0.1, 0.15) is 5.56 Å². The average molecular weight is 457 g/mol. The highest BCUT2D eigenvalue weighted by Crippen LogP contribution is 2.26. The lowest BCUT2D eigenvalue weighted by Gasteiger charge is -2.27. The number of rotatable bonds is 6. The molecule has 1 aromatic heterocycles. The normalized spacial score (nSPS) is 13.9. The van der Waals surface area contributed by atoms with E-state index in [1.165, 1.54) is 18.3 Å². The van der Waals surface area contributed by atoms with Crippen molar-refractivity contribution in [1.29, 1.82) is 0 Å². The summed E-state index contributed by atoms with van der Waals surface area (Å²) in [4.78, 5) is 15.6. The quantitative estimate of drug-likeness (QED) is 0.254. The van der Waals surface area contributed by atoms with Gasteiger partial charge >= 0.3 is 0 Å². The molecule has 3 aromatic carbocycles. The Morgan fingerprint density at radius 2 is 1.71 bits per heavy atom. The van der Waals surface area contributed by atoms with E-state index in [1.54, 1.807) is 6.07 Å². The Morgan fingerprint density at radius 1 is 0.912 bits per heavy atom. The van der Waals surface area contributed by atoms with E-state index in [-0.39, 0.29) is 17.4 Å². The fraction of sp³-hybridized carbons (Fsp3) is 0.167. The minimum absolute atomic E-state index is 0.0284. The fourth-order valence-corrected chi connectivity index (χ4v) is 3.63. The van der Waals surface area contributed by atoms with Crippen molar-refractivity contribution >= 4 is 40.5 Å². The molecule has 0 unspecified atom stereocenters. The summed E-state index contributed by atoms with van der Waals surface area (Å²) in [5.41, 5.74) is 4.12. The summed E-state index contributed by atoms with van der Waals surface area (Å²) in [5.74, 6) is 1.01. The molecule has 0 bridgehead atoms. The van der Waals surface area contributed by atoms with Crippen LogP contribution in [-0.4, -0.2) is 57.7 Å². The molecule has 0 saturated carbocycles. The minimum Gasteiger partial charge on any atom is -0.508 e. The van der Waals surface area contributed by atoms with Gasteiger partial charge in [-0.3, -0.25) is 0 Å². The van der Waals surface area contributed by atoms with Crippen LogP contribution in [0.5, 0.6) is 11.5 Å².